The fourth-order valence-electron chi connectivity index (χ4n) is 2.12. The summed E-state index contributed by atoms with van der Waals surface area (Å²) < 4.78 is 7.36. The van der Waals surface area contributed by atoms with Crippen LogP contribution in [0.25, 0.3) is 11.5 Å². The van der Waals surface area contributed by atoms with Gasteiger partial charge < -0.3 is 4.42 Å². The first-order valence-corrected chi connectivity index (χ1v) is 8.27. The average molecular weight is 331 g/mol. The van der Waals surface area contributed by atoms with Crippen LogP contribution in [0.3, 0.4) is 0 Å². The molecule has 2 heterocycles. The van der Waals surface area contributed by atoms with Gasteiger partial charge in [-0.15, -0.1) is 15.3 Å². The van der Waals surface area contributed by atoms with E-state index >= 15 is 0 Å². The second-order valence-corrected chi connectivity index (χ2v) is 6.34. The highest BCUT2D eigenvalue weighted by Crippen LogP contribution is 2.33. The third kappa shape index (κ3) is 3.37. The van der Waals surface area contributed by atoms with Gasteiger partial charge in [0.1, 0.15) is 0 Å². The van der Waals surface area contributed by atoms with E-state index in [1.54, 1.807) is 4.57 Å². The highest BCUT2D eigenvalue weighted by atomic mass is 32.2. The lowest BCUT2D eigenvalue weighted by atomic mass is 10.2. The quantitative estimate of drug-likeness (QED) is 0.699. The molecule has 0 aliphatic heterocycles. The number of nitrogens with one attached hydrogen (secondary N) is 1. The Labute approximate surface area is 137 Å². The van der Waals surface area contributed by atoms with E-state index < -0.39 is 0 Å². The number of thioether (sulfide) groups is 1. The maximum Gasteiger partial charge on any atom is 0.343 e. The van der Waals surface area contributed by atoms with Crippen LogP contribution in [-0.2, 0) is 6.54 Å². The van der Waals surface area contributed by atoms with Crippen molar-refractivity contribution in [3.8, 4) is 11.5 Å². The molecule has 0 saturated carbocycles. The molecule has 1 aromatic carbocycles. The van der Waals surface area contributed by atoms with Crippen LogP contribution in [0, 0.1) is 0 Å². The number of rotatable bonds is 6. The predicted molar refractivity (Wildman–Crippen MR) is 87.1 cm³/mol. The molecule has 7 nitrogen and oxygen atoms in total. The first kappa shape index (κ1) is 15.5. The van der Waals surface area contributed by atoms with Gasteiger partial charge in [-0.1, -0.05) is 36.9 Å². The van der Waals surface area contributed by atoms with E-state index in [0.29, 0.717) is 23.5 Å². The number of H-pyrrole nitrogens is 1. The maximum absolute atomic E-state index is 11.7. The number of aromatic nitrogens is 5. The van der Waals surface area contributed by atoms with Crippen molar-refractivity contribution in [1.82, 2.24) is 25.0 Å². The molecule has 0 aliphatic rings. The Morgan fingerprint density at radius 1 is 1.30 bits per heavy atom. The molecule has 1 atom stereocenters. The maximum atomic E-state index is 11.7. The third-order valence-electron chi connectivity index (χ3n) is 3.26. The van der Waals surface area contributed by atoms with E-state index in [9.17, 15) is 4.79 Å². The van der Waals surface area contributed by atoms with Crippen molar-refractivity contribution in [3.63, 3.8) is 0 Å². The van der Waals surface area contributed by atoms with Gasteiger partial charge in [0.05, 0.1) is 5.25 Å². The van der Waals surface area contributed by atoms with Gasteiger partial charge >= 0.3 is 5.69 Å². The van der Waals surface area contributed by atoms with Gasteiger partial charge in [-0.2, -0.15) is 0 Å². The Morgan fingerprint density at radius 2 is 2.09 bits per heavy atom. The van der Waals surface area contributed by atoms with Crippen LogP contribution in [0.2, 0.25) is 0 Å². The summed E-state index contributed by atoms with van der Waals surface area (Å²) in [4.78, 5) is 11.7. The molecule has 0 saturated heterocycles. The van der Waals surface area contributed by atoms with Crippen molar-refractivity contribution >= 4 is 11.8 Å². The number of nitrogens with zero attached hydrogens (tertiary/aromatic N) is 4. The molecule has 0 spiro atoms. The van der Waals surface area contributed by atoms with Gasteiger partial charge in [0, 0.05) is 12.1 Å². The van der Waals surface area contributed by atoms with E-state index in [2.05, 4.69) is 20.4 Å². The second-order valence-electron chi connectivity index (χ2n) is 5.03. The normalized spacial score (nSPS) is 12.4. The summed E-state index contributed by atoms with van der Waals surface area (Å²) in [7, 11) is 0. The minimum absolute atomic E-state index is 0.106. The fraction of sp³-hybridized carbons (Fsp3) is 0.333. The molecule has 0 bridgehead atoms. The fourth-order valence-corrected chi connectivity index (χ4v) is 3.03. The van der Waals surface area contributed by atoms with Crippen LogP contribution >= 0.6 is 11.8 Å². The van der Waals surface area contributed by atoms with Crippen LogP contribution in [0.1, 0.15) is 31.4 Å². The molecule has 23 heavy (non-hydrogen) atoms. The van der Waals surface area contributed by atoms with Gasteiger partial charge in [0.25, 0.3) is 0 Å². The second kappa shape index (κ2) is 6.82. The summed E-state index contributed by atoms with van der Waals surface area (Å²) in [5.74, 6) is 0.994. The lowest BCUT2D eigenvalue weighted by Gasteiger charge is -2.07. The minimum Gasteiger partial charge on any atom is -0.419 e. The molecular formula is C15H17N5O2S. The molecule has 0 aliphatic carbocycles. The number of aromatic amines is 1. The number of hydrogen-bond donors (Lipinski definition) is 1. The summed E-state index contributed by atoms with van der Waals surface area (Å²) in [6.07, 6.45) is 0.861. The summed E-state index contributed by atoms with van der Waals surface area (Å²) >= 11 is 1.42. The summed E-state index contributed by atoms with van der Waals surface area (Å²) in [6.45, 7) is 4.59. The summed E-state index contributed by atoms with van der Waals surface area (Å²) in [5.41, 5.74) is 0.683. The smallest absolute Gasteiger partial charge is 0.343 e. The lowest BCUT2D eigenvalue weighted by molar-refractivity contribution is 0.508. The van der Waals surface area contributed by atoms with Crippen LogP contribution in [0.5, 0.6) is 0 Å². The Hall–Kier alpha value is -2.35. The molecule has 0 unspecified atom stereocenters. The van der Waals surface area contributed by atoms with Crippen molar-refractivity contribution in [3.05, 3.63) is 46.7 Å². The van der Waals surface area contributed by atoms with Crippen LogP contribution in [0.15, 0.2) is 44.7 Å². The minimum atomic E-state index is -0.197. The average Bonchev–Trinajstić information content (AvgIpc) is 3.18. The molecule has 3 aromatic rings. The van der Waals surface area contributed by atoms with Crippen LogP contribution < -0.4 is 5.69 Å². The molecule has 120 valence electrons. The highest BCUT2D eigenvalue weighted by molar-refractivity contribution is 7.99. The Kier molecular flexibility index (Phi) is 4.61. The van der Waals surface area contributed by atoms with Gasteiger partial charge in [-0.25, -0.2) is 9.89 Å². The van der Waals surface area contributed by atoms with Crippen molar-refractivity contribution in [2.45, 2.75) is 37.2 Å². The van der Waals surface area contributed by atoms with Gasteiger partial charge in [0.2, 0.25) is 11.8 Å². The molecule has 8 heteroatoms. The van der Waals surface area contributed by atoms with Crippen LogP contribution in [0.4, 0.5) is 0 Å². The van der Waals surface area contributed by atoms with Crippen molar-refractivity contribution in [2.75, 3.05) is 0 Å². The molecule has 0 fully saturated rings. The van der Waals surface area contributed by atoms with E-state index in [1.807, 2.05) is 44.2 Å². The standard InChI is InChI=1S/C15H17N5O2S/c1-3-9-20-14(21)18-19-15(20)23-10(2)12-16-17-13(22-12)11-7-5-4-6-8-11/h4-8,10H,3,9H2,1-2H3,(H,18,21)/t10-/m0/s1. The molecule has 0 radical (unpaired) electrons. The van der Waals surface area contributed by atoms with Gasteiger partial charge in [-0.3, -0.25) is 4.57 Å². The van der Waals surface area contributed by atoms with Crippen LogP contribution in [-0.4, -0.2) is 25.0 Å². The highest BCUT2D eigenvalue weighted by Gasteiger charge is 2.19. The SMILES string of the molecule is CCCn1c(S[C@@H](C)c2nnc(-c3ccccc3)o2)n[nH]c1=O. The van der Waals surface area contributed by atoms with Gasteiger partial charge in [0.15, 0.2) is 5.16 Å². The molecule has 3 rings (SSSR count). The molecule has 1 N–H and O–H groups in total. The third-order valence-corrected chi connectivity index (χ3v) is 4.34. The zero-order valence-corrected chi connectivity index (χ0v) is 13.7. The number of hydrogen-bond acceptors (Lipinski definition) is 6. The summed E-state index contributed by atoms with van der Waals surface area (Å²) in [6, 6.07) is 9.61. The Balaban J connectivity index is 1.78. The van der Waals surface area contributed by atoms with Crippen molar-refractivity contribution in [1.29, 1.82) is 0 Å². The summed E-state index contributed by atoms with van der Waals surface area (Å²) in [5, 5.41) is 15.3. The lowest BCUT2D eigenvalue weighted by Crippen LogP contribution is -2.17. The topological polar surface area (TPSA) is 89.6 Å². The predicted octanol–water partition coefficient (Wildman–Crippen LogP) is 2.88. The Bertz CT molecular complexity index is 824. The van der Waals surface area contributed by atoms with E-state index in [-0.39, 0.29) is 10.9 Å². The van der Waals surface area contributed by atoms with E-state index in [4.69, 9.17) is 4.42 Å². The molecule has 0 amide bonds. The van der Waals surface area contributed by atoms with E-state index in [1.165, 1.54) is 11.8 Å². The monoisotopic (exact) mass is 331 g/mol. The van der Waals surface area contributed by atoms with E-state index in [0.717, 1.165) is 12.0 Å². The largest absolute Gasteiger partial charge is 0.419 e. The zero-order chi connectivity index (χ0) is 16.2. The first-order valence-electron chi connectivity index (χ1n) is 7.39. The van der Waals surface area contributed by atoms with Gasteiger partial charge in [-0.05, 0) is 25.5 Å². The number of benzene rings is 1. The molecule has 2 aromatic heterocycles. The Morgan fingerprint density at radius 3 is 2.83 bits per heavy atom. The zero-order valence-electron chi connectivity index (χ0n) is 12.9. The van der Waals surface area contributed by atoms with Crippen molar-refractivity contribution < 1.29 is 4.42 Å². The van der Waals surface area contributed by atoms with Crippen molar-refractivity contribution in [2.24, 2.45) is 0 Å². The first-order chi connectivity index (χ1) is 11.2. The molecular weight excluding hydrogens is 314 g/mol.